The third-order valence-electron chi connectivity index (χ3n) is 5.74. The molecule has 2 saturated heterocycles. The fraction of sp³-hybridized carbons (Fsp3) is 0.579. The molecule has 162 valence electrons. The highest BCUT2D eigenvalue weighted by Crippen LogP contribution is 2.25. The smallest absolute Gasteiger partial charge is 0.262 e. The fourth-order valence-corrected chi connectivity index (χ4v) is 5.44. The second kappa shape index (κ2) is 8.68. The summed E-state index contributed by atoms with van der Waals surface area (Å²) in [7, 11) is -3.69. The number of hydrogen-bond donors (Lipinski definition) is 0. The predicted octanol–water partition coefficient (Wildman–Crippen LogP) is 0.443. The average Bonchev–Trinajstić information content (AvgIpc) is 3.30. The lowest BCUT2D eigenvalue weighted by atomic mass is 9.98. The number of amides is 1. The van der Waals surface area contributed by atoms with Crippen LogP contribution in [-0.2, 0) is 21.4 Å². The molecule has 0 bridgehead atoms. The van der Waals surface area contributed by atoms with E-state index in [0.717, 1.165) is 0 Å². The fourth-order valence-electron chi connectivity index (χ4n) is 3.98. The number of carbonyl (C=O) groups is 1. The summed E-state index contributed by atoms with van der Waals surface area (Å²) in [6.45, 7) is 5.72. The number of sulfonamides is 1. The predicted molar refractivity (Wildman–Crippen MR) is 110 cm³/mol. The van der Waals surface area contributed by atoms with Gasteiger partial charge in [-0.2, -0.15) is 4.31 Å². The van der Waals surface area contributed by atoms with E-state index in [0.29, 0.717) is 58.1 Å². The van der Waals surface area contributed by atoms with Crippen molar-refractivity contribution in [1.82, 2.24) is 28.7 Å². The lowest BCUT2D eigenvalue weighted by Gasteiger charge is -2.38. The van der Waals surface area contributed by atoms with E-state index in [9.17, 15) is 13.2 Å². The molecular weight excluding hydrogens is 406 g/mol. The second-order valence-corrected chi connectivity index (χ2v) is 9.49. The van der Waals surface area contributed by atoms with Crippen molar-refractivity contribution >= 4 is 21.9 Å². The molecule has 2 aromatic rings. The Bertz CT molecular complexity index is 971. The summed E-state index contributed by atoms with van der Waals surface area (Å²) in [6, 6.07) is 1.78. The molecule has 0 N–H and O–H groups in total. The summed E-state index contributed by atoms with van der Waals surface area (Å²) in [5.74, 6) is 0.384. The SMILES string of the molecule is CCn1cnc(S(=O)(=O)N2CCC[C@H](C(=O)N3CCN(c4ncccn4)CC3)C2)c1. The van der Waals surface area contributed by atoms with Gasteiger partial charge in [0.1, 0.15) is 0 Å². The first kappa shape index (κ1) is 20.7. The average molecular weight is 434 g/mol. The monoisotopic (exact) mass is 433 g/mol. The first-order valence-corrected chi connectivity index (χ1v) is 11.8. The van der Waals surface area contributed by atoms with E-state index < -0.39 is 10.0 Å². The van der Waals surface area contributed by atoms with Crippen LogP contribution in [0.5, 0.6) is 0 Å². The van der Waals surface area contributed by atoms with Gasteiger partial charge in [-0.3, -0.25) is 4.79 Å². The number of aromatic nitrogens is 4. The van der Waals surface area contributed by atoms with E-state index in [1.807, 2.05) is 11.8 Å². The minimum Gasteiger partial charge on any atom is -0.339 e. The van der Waals surface area contributed by atoms with Crippen molar-refractivity contribution in [2.45, 2.75) is 31.3 Å². The molecule has 1 amide bonds. The van der Waals surface area contributed by atoms with Crippen molar-refractivity contribution in [3.8, 4) is 0 Å². The van der Waals surface area contributed by atoms with Crippen LogP contribution >= 0.6 is 0 Å². The van der Waals surface area contributed by atoms with Crippen LogP contribution in [0.15, 0.2) is 36.0 Å². The molecule has 1 atom stereocenters. The van der Waals surface area contributed by atoms with Crippen molar-refractivity contribution in [2.75, 3.05) is 44.2 Å². The van der Waals surface area contributed by atoms with Crippen LogP contribution in [-0.4, -0.2) is 82.3 Å². The highest BCUT2D eigenvalue weighted by molar-refractivity contribution is 7.89. The molecule has 11 heteroatoms. The molecule has 0 saturated carbocycles. The van der Waals surface area contributed by atoms with E-state index >= 15 is 0 Å². The summed E-state index contributed by atoms with van der Waals surface area (Å²) in [6.07, 6.45) is 7.86. The Morgan fingerprint density at radius 1 is 1.10 bits per heavy atom. The van der Waals surface area contributed by atoms with Crippen LogP contribution in [0.3, 0.4) is 0 Å². The molecule has 2 aliphatic heterocycles. The van der Waals surface area contributed by atoms with E-state index in [1.165, 1.54) is 10.6 Å². The number of hydrogen-bond acceptors (Lipinski definition) is 7. The zero-order chi connectivity index (χ0) is 21.1. The third-order valence-corrected chi connectivity index (χ3v) is 7.49. The first-order chi connectivity index (χ1) is 14.5. The molecule has 2 fully saturated rings. The Morgan fingerprint density at radius 3 is 2.50 bits per heavy atom. The molecule has 30 heavy (non-hydrogen) atoms. The van der Waals surface area contributed by atoms with Gasteiger partial charge in [-0.25, -0.2) is 23.4 Å². The van der Waals surface area contributed by atoms with Gasteiger partial charge in [-0.15, -0.1) is 0 Å². The Morgan fingerprint density at radius 2 is 1.83 bits per heavy atom. The zero-order valence-corrected chi connectivity index (χ0v) is 17.9. The third kappa shape index (κ3) is 4.17. The maximum Gasteiger partial charge on any atom is 0.262 e. The van der Waals surface area contributed by atoms with Crippen molar-refractivity contribution in [2.24, 2.45) is 5.92 Å². The van der Waals surface area contributed by atoms with Gasteiger partial charge in [0.15, 0.2) is 5.03 Å². The Kier molecular flexibility index (Phi) is 6.00. The summed E-state index contributed by atoms with van der Waals surface area (Å²) < 4.78 is 29.1. The van der Waals surface area contributed by atoms with E-state index in [1.54, 1.807) is 29.2 Å². The summed E-state index contributed by atoms with van der Waals surface area (Å²) in [5.41, 5.74) is 0. The van der Waals surface area contributed by atoms with E-state index in [-0.39, 0.29) is 23.4 Å². The van der Waals surface area contributed by atoms with Gasteiger partial charge in [0.25, 0.3) is 10.0 Å². The number of carbonyl (C=O) groups excluding carboxylic acids is 1. The highest BCUT2D eigenvalue weighted by Gasteiger charge is 2.36. The number of nitrogens with zero attached hydrogens (tertiary/aromatic N) is 7. The number of piperazine rings is 1. The van der Waals surface area contributed by atoms with Gasteiger partial charge in [-0.05, 0) is 25.8 Å². The van der Waals surface area contributed by atoms with Crippen molar-refractivity contribution < 1.29 is 13.2 Å². The van der Waals surface area contributed by atoms with Crippen LogP contribution in [0.1, 0.15) is 19.8 Å². The van der Waals surface area contributed by atoms with Gasteiger partial charge >= 0.3 is 0 Å². The van der Waals surface area contributed by atoms with Gasteiger partial charge in [0.2, 0.25) is 11.9 Å². The normalized spacial score (nSPS) is 21.0. The largest absolute Gasteiger partial charge is 0.339 e. The van der Waals surface area contributed by atoms with Crippen molar-refractivity contribution in [3.05, 3.63) is 31.0 Å². The number of rotatable bonds is 5. The molecule has 0 aromatic carbocycles. The number of aryl methyl sites for hydroxylation is 1. The molecule has 0 unspecified atom stereocenters. The van der Waals surface area contributed by atoms with Gasteiger partial charge < -0.3 is 14.4 Å². The molecular formula is C19H27N7O3S. The lowest BCUT2D eigenvalue weighted by molar-refractivity contribution is -0.137. The Hall–Kier alpha value is -2.53. The van der Waals surface area contributed by atoms with Crippen LogP contribution in [0.25, 0.3) is 0 Å². The molecule has 2 aromatic heterocycles. The highest BCUT2D eigenvalue weighted by atomic mass is 32.2. The Labute approximate surface area is 176 Å². The molecule has 4 rings (SSSR count). The van der Waals surface area contributed by atoms with Crippen LogP contribution < -0.4 is 4.90 Å². The molecule has 0 aliphatic carbocycles. The first-order valence-electron chi connectivity index (χ1n) is 10.3. The topological polar surface area (TPSA) is 105 Å². The van der Waals surface area contributed by atoms with Gasteiger partial charge in [0.05, 0.1) is 12.2 Å². The van der Waals surface area contributed by atoms with E-state index in [4.69, 9.17) is 0 Å². The quantitative estimate of drug-likeness (QED) is 0.674. The summed E-state index contributed by atoms with van der Waals surface area (Å²) in [4.78, 5) is 29.6. The standard InChI is InChI=1S/C19H27N7O3S/c1-2-23-14-17(22-15-23)30(28,29)26-8-3-5-16(13-26)18(27)24-9-11-25(12-10-24)19-20-6-4-7-21-19/h4,6-7,14-16H,2-3,5,8-13H2,1H3/t16-/m0/s1. The second-order valence-electron chi connectivity index (χ2n) is 7.61. The summed E-state index contributed by atoms with van der Waals surface area (Å²) in [5, 5.41) is 0.0499. The van der Waals surface area contributed by atoms with Crippen LogP contribution in [0, 0.1) is 5.92 Å². The molecule has 10 nitrogen and oxygen atoms in total. The molecule has 4 heterocycles. The zero-order valence-electron chi connectivity index (χ0n) is 17.1. The Balaban J connectivity index is 1.38. The molecule has 0 spiro atoms. The van der Waals surface area contributed by atoms with Gasteiger partial charge in [0, 0.05) is 64.4 Å². The molecule has 0 radical (unpaired) electrons. The van der Waals surface area contributed by atoms with Gasteiger partial charge in [-0.1, -0.05) is 0 Å². The van der Waals surface area contributed by atoms with Crippen molar-refractivity contribution in [1.29, 1.82) is 0 Å². The minimum atomic E-state index is -3.69. The summed E-state index contributed by atoms with van der Waals surface area (Å²) >= 11 is 0. The maximum absolute atomic E-state index is 13.1. The number of imidazole rings is 1. The lowest BCUT2D eigenvalue weighted by Crippen LogP contribution is -2.53. The number of anilines is 1. The number of piperidine rings is 1. The minimum absolute atomic E-state index is 0.0302. The van der Waals surface area contributed by atoms with Crippen LogP contribution in [0.2, 0.25) is 0 Å². The van der Waals surface area contributed by atoms with Crippen LogP contribution in [0.4, 0.5) is 5.95 Å². The van der Waals surface area contributed by atoms with E-state index in [2.05, 4.69) is 19.9 Å². The van der Waals surface area contributed by atoms with Crippen molar-refractivity contribution in [3.63, 3.8) is 0 Å². The molecule has 2 aliphatic rings. The maximum atomic E-state index is 13.1.